The molecule has 1 aliphatic rings. The molecule has 8 nitrogen and oxygen atoms in total. The zero-order valence-corrected chi connectivity index (χ0v) is 17.0. The second kappa shape index (κ2) is 9.70. The van der Waals surface area contributed by atoms with Crippen LogP contribution in [-0.2, 0) is 11.3 Å². The fourth-order valence-corrected chi connectivity index (χ4v) is 3.51. The molecule has 0 saturated carbocycles. The Morgan fingerprint density at radius 1 is 1.32 bits per heavy atom. The summed E-state index contributed by atoms with van der Waals surface area (Å²) < 4.78 is 5.18. The van der Waals surface area contributed by atoms with Crippen molar-refractivity contribution in [3.05, 3.63) is 42.1 Å². The van der Waals surface area contributed by atoms with Crippen molar-refractivity contribution in [2.75, 3.05) is 36.9 Å². The molecule has 2 aromatic rings. The van der Waals surface area contributed by atoms with E-state index in [-0.39, 0.29) is 22.8 Å². The Kier molecular flexibility index (Phi) is 7.05. The van der Waals surface area contributed by atoms with Crippen molar-refractivity contribution in [1.29, 1.82) is 0 Å². The van der Waals surface area contributed by atoms with Crippen LogP contribution < -0.4 is 14.9 Å². The molecule has 0 unspecified atom stereocenters. The molecule has 0 amide bonds. The average molecular weight is 404 g/mol. The summed E-state index contributed by atoms with van der Waals surface area (Å²) in [7, 11) is 0. The predicted octanol–water partition coefficient (Wildman–Crippen LogP) is 0.722. The van der Waals surface area contributed by atoms with Gasteiger partial charge in [-0.25, -0.2) is 4.99 Å². The minimum atomic E-state index is -0.353. The molecule has 150 valence electrons. The van der Waals surface area contributed by atoms with Gasteiger partial charge in [-0.1, -0.05) is 49.0 Å². The van der Waals surface area contributed by atoms with Crippen LogP contribution in [0.25, 0.3) is 0 Å². The number of nitrogens with zero attached hydrogens (tertiary/aromatic N) is 5. The van der Waals surface area contributed by atoms with E-state index in [1.54, 1.807) is 17.9 Å². The van der Waals surface area contributed by atoms with Gasteiger partial charge >= 0.3 is 5.88 Å². The molecular weight excluding hydrogens is 378 g/mol. The van der Waals surface area contributed by atoms with Gasteiger partial charge in [0.1, 0.15) is 0 Å². The molecule has 1 aliphatic heterocycles. The Balaban J connectivity index is 1.52. The van der Waals surface area contributed by atoms with Crippen LogP contribution in [-0.4, -0.2) is 53.1 Å². The van der Waals surface area contributed by atoms with Gasteiger partial charge in [-0.15, -0.1) is 0 Å². The summed E-state index contributed by atoms with van der Waals surface area (Å²) in [5, 5.41) is 18.1. The second-order valence-corrected chi connectivity index (χ2v) is 8.03. The molecular formula is C19H25N5O3S. The summed E-state index contributed by atoms with van der Waals surface area (Å²) in [4.78, 5) is 19.0. The lowest BCUT2D eigenvalue weighted by Gasteiger charge is -2.29. The van der Waals surface area contributed by atoms with E-state index in [4.69, 9.17) is 4.52 Å². The Morgan fingerprint density at radius 2 is 2.04 bits per heavy atom. The number of carbonyl (C=O) groups is 1. The summed E-state index contributed by atoms with van der Waals surface area (Å²) >= 11 is 1.12. The Labute approximate surface area is 168 Å². The number of carbonyl (C=O) groups excluding carboxylic acids is 1. The number of thioether (sulfide) groups is 1. The molecule has 2 heterocycles. The number of hydrogen-bond acceptors (Lipinski definition) is 8. The normalized spacial score (nSPS) is 16.9. The number of benzene rings is 1. The van der Waals surface area contributed by atoms with Crippen LogP contribution in [0.5, 0.6) is 0 Å². The Bertz CT molecular complexity index is 803. The zero-order chi connectivity index (χ0) is 19.9. The monoisotopic (exact) mass is 403 g/mol. The fourth-order valence-electron chi connectivity index (χ4n) is 2.89. The van der Waals surface area contributed by atoms with Crippen LogP contribution >= 0.6 is 11.8 Å². The molecule has 1 aromatic carbocycles. The van der Waals surface area contributed by atoms with E-state index >= 15 is 0 Å². The third kappa shape index (κ3) is 5.80. The first-order valence-electron chi connectivity index (χ1n) is 9.30. The van der Waals surface area contributed by atoms with Gasteiger partial charge in [0, 0.05) is 32.3 Å². The van der Waals surface area contributed by atoms with Crippen LogP contribution in [0.1, 0.15) is 19.4 Å². The summed E-state index contributed by atoms with van der Waals surface area (Å²) in [6.45, 7) is 7.62. The maximum absolute atomic E-state index is 12.1. The summed E-state index contributed by atoms with van der Waals surface area (Å²) in [6.07, 6.45) is 1.62. The molecule has 0 spiro atoms. The van der Waals surface area contributed by atoms with E-state index in [0.717, 1.165) is 44.5 Å². The molecule has 0 radical (unpaired) electrons. The third-order valence-corrected chi connectivity index (χ3v) is 5.58. The van der Waals surface area contributed by atoms with Crippen LogP contribution in [0.4, 0.5) is 5.88 Å². The fraction of sp³-hybridized carbons (Fsp3) is 0.474. The van der Waals surface area contributed by atoms with Crippen molar-refractivity contribution in [3.63, 3.8) is 0 Å². The van der Waals surface area contributed by atoms with Gasteiger partial charge in [-0.05, 0) is 17.4 Å². The van der Waals surface area contributed by atoms with Crippen molar-refractivity contribution in [2.24, 2.45) is 10.9 Å². The van der Waals surface area contributed by atoms with Gasteiger partial charge < -0.3 is 5.11 Å². The minimum Gasteiger partial charge on any atom is -0.861 e. The predicted molar refractivity (Wildman–Crippen MR) is 106 cm³/mol. The lowest BCUT2D eigenvalue weighted by Crippen LogP contribution is -2.65. The van der Waals surface area contributed by atoms with Gasteiger partial charge in [0.25, 0.3) is 6.20 Å². The van der Waals surface area contributed by atoms with Gasteiger partial charge in [-0.3, -0.25) is 14.2 Å². The highest BCUT2D eigenvalue weighted by Gasteiger charge is 2.25. The lowest BCUT2D eigenvalue weighted by molar-refractivity contribution is -0.759. The first-order chi connectivity index (χ1) is 13.5. The molecule has 1 aromatic heterocycles. The van der Waals surface area contributed by atoms with Gasteiger partial charge in [0.15, 0.2) is 5.12 Å². The molecule has 0 aliphatic carbocycles. The maximum Gasteiger partial charge on any atom is 0.324 e. The quantitative estimate of drug-likeness (QED) is 0.382. The largest absolute Gasteiger partial charge is 0.861 e. The van der Waals surface area contributed by atoms with Crippen LogP contribution in [0.2, 0.25) is 0 Å². The van der Waals surface area contributed by atoms with Crippen LogP contribution in [0.3, 0.4) is 0 Å². The minimum absolute atomic E-state index is 0.0106. The first kappa shape index (κ1) is 20.3. The molecule has 1 fully saturated rings. The standard InChI is InChI=1S/C19H25N5O3S/c1-15(14-28-16(2)25)19(26)20-18-13-24(21-27-18)23-10-8-22(9-11-23)12-17-6-4-3-5-7-17/h3-7,13,15H,8-12,14H2,1-2H3/t15-/m1/s1. The molecule has 1 atom stereocenters. The number of hydrogen-bond donors (Lipinski definition) is 0. The lowest BCUT2D eigenvalue weighted by atomic mass is 10.2. The Morgan fingerprint density at radius 3 is 2.71 bits per heavy atom. The van der Waals surface area contributed by atoms with Crippen molar-refractivity contribution in [1.82, 2.24) is 10.2 Å². The van der Waals surface area contributed by atoms with E-state index in [2.05, 4.69) is 44.4 Å². The van der Waals surface area contributed by atoms with E-state index in [0.29, 0.717) is 5.75 Å². The molecule has 9 heteroatoms. The number of aliphatic imine (C=N–C) groups is 1. The average Bonchev–Trinajstić information content (AvgIpc) is 3.16. The maximum atomic E-state index is 12.1. The van der Waals surface area contributed by atoms with Crippen molar-refractivity contribution < 1.29 is 19.2 Å². The van der Waals surface area contributed by atoms with Gasteiger partial charge in [0.2, 0.25) is 5.27 Å². The van der Waals surface area contributed by atoms with Gasteiger partial charge in [-0.2, -0.15) is 5.01 Å². The molecule has 0 bridgehead atoms. The van der Waals surface area contributed by atoms with E-state index in [9.17, 15) is 9.90 Å². The van der Waals surface area contributed by atoms with Crippen LogP contribution in [0, 0.1) is 5.92 Å². The molecule has 28 heavy (non-hydrogen) atoms. The molecule has 1 saturated heterocycles. The number of piperazine rings is 1. The van der Waals surface area contributed by atoms with Crippen molar-refractivity contribution in [2.45, 2.75) is 20.4 Å². The summed E-state index contributed by atoms with van der Waals surface area (Å²) in [6, 6.07) is 10.4. The smallest absolute Gasteiger partial charge is 0.324 e. The number of aromatic nitrogens is 2. The zero-order valence-electron chi connectivity index (χ0n) is 16.2. The molecule has 0 N–H and O–H groups in total. The second-order valence-electron chi connectivity index (χ2n) is 6.83. The Hall–Kier alpha value is -2.39. The van der Waals surface area contributed by atoms with Crippen LogP contribution in [0.15, 0.2) is 46.0 Å². The molecule has 3 rings (SSSR count). The highest BCUT2D eigenvalue weighted by Crippen LogP contribution is 2.13. The highest BCUT2D eigenvalue weighted by atomic mass is 32.2. The van der Waals surface area contributed by atoms with Gasteiger partial charge in [0.05, 0.1) is 17.9 Å². The first-order valence-corrected chi connectivity index (χ1v) is 10.3. The number of rotatable bonds is 7. The third-order valence-electron chi connectivity index (χ3n) is 4.51. The van der Waals surface area contributed by atoms with E-state index in [1.165, 1.54) is 12.5 Å². The highest BCUT2D eigenvalue weighted by molar-refractivity contribution is 8.13. The SMILES string of the molecule is CC(=O)SC[C@@H](C)C([O-])=Nc1c[n+](N2CCN(Cc3ccccc3)CC2)no1. The van der Waals surface area contributed by atoms with Crippen molar-refractivity contribution >= 4 is 28.7 Å². The topological polar surface area (TPSA) is 88.9 Å². The summed E-state index contributed by atoms with van der Waals surface area (Å²) in [5.41, 5.74) is 1.31. The van der Waals surface area contributed by atoms with Crippen molar-refractivity contribution in [3.8, 4) is 0 Å². The summed E-state index contributed by atoms with van der Waals surface area (Å²) in [5.74, 6) is -0.0788. The van der Waals surface area contributed by atoms with E-state index in [1.807, 2.05) is 6.07 Å². The van der Waals surface area contributed by atoms with E-state index < -0.39 is 0 Å².